The lowest BCUT2D eigenvalue weighted by Gasteiger charge is -2.06. The minimum Gasteiger partial charge on any atom is -0.396 e. The van der Waals surface area contributed by atoms with Crippen LogP contribution in [0.5, 0.6) is 0 Å². The third kappa shape index (κ3) is 4.90. The van der Waals surface area contributed by atoms with Gasteiger partial charge < -0.3 is 11.1 Å². The quantitative estimate of drug-likeness (QED) is 0.695. The highest BCUT2D eigenvalue weighted by atomic mass is 32.2. The fraction of sp³-hybridized carbons (Fsp3) is 0.636. The number of carbonyl (C=O) groups is 1. The van der Waals surface area contributed by atoms with E-state index >= 15 is 0 Å². The first kappa shape index (κ1) is 15.5. The Morgan fingerprint density at radius 2 is 2.05 bits per heavy atom. The average Bonchev–Trinajstić information content (AvgIpc) is 2.51. The van der Waals surface area contributed by atoms with Crippen molar-refractivity contribution in [3.05, 3.63) is 11.4 Å². The average molecular weight is 288 g/mol. The molecule has 0 aliphatic carbocycles. The number of nitrogen functional groups attached to an aromatic ring is 1. The number of sulfone groups is 1. The number of nitrogens with two attached hydrogens (primary N) is 1. The molecule has 1 rings (SSSR count). The second-order valence-corrected chi connectivity index (χ2v) is 6.84. The number of amides is 1. The number of hydrogen-bond donors (Lipinski definition) is 2. The van der Waals surface area contributed by atoms with E-state index in [1.54, 1.807) is 13.8 Å². The fourth-order valence-corrected chi connectivity index (χ4v) is 2.29. The molecule has 0 aliphatic heterocycles. The van der Waals surface area contributed by atoms with E-state index in [-0.39, 0.29) is 18.2 Å². The van der Waals surface area contributed by atoms with Gasteiger partial charge in [0.15, 0.2) is 0 Å². The Bertz CT molecular complexity index is 563. The number of anilines is 1. The van der Waals surface area contributed by atoms with Gasteiger partial charge in [-0.05, 0) is 20.3 Å². The van der Waals surface area contributed by atoms with Gasteiger partial charge in [0, 0.05) is 12.8 Å². The van der Waals surface area contributed by atoms with E-state index in [1.807, 2.05) is 0 Å². The van der Waals surface area contributed by atoms with E-state index < -0.39 is 9.84 Å². The van der Waals surface area contributed by atoms with Crippen molar-refractivity contribution in [2.45, 2.75) is 26.8 Å². The summed E-state index contributed by atoms with van der Waals surface area (Å²) in [5.74, 6) is -0.140. The second-order valence-electron chi connectivity index (χ2n) is 4.58. The predicted octanol–water partition coefficient (Wildman–Crippen LogP) is -0.367. The van der Waals surface area contributed by atoms with Crippen LogP contribution in [0, 0.1) is 13.8 Å². The summed E-state index contributed by atoms with van der Waals surface area (Å²) >= 11 is 0. The van der Waals surface area contributed by atoms with Crippen molar-refractivity contribution in [2.75, 3.05) is 24.3 Å². The normalized spacial score (nSPS) is 11.5. The van der Waals surface area contributed by atoms with Gasteiger partial charge in [0.1, 0.15) is 16.4 Å². The lowest BCUT2D eigenvalue weighted by atomic mass is 10.3. The SMILES string of the molecule is Cc1nn(CC(=O)NCCCS(C)(=O)=O)c(C)c1N. The molecule has 1 amide bonds. The van der Waals surface area contributed by atoms with Gasteiger partial charge in [-0.25, -0.2) is 8.42 Å². The van der Waals surface area contributed by atoms with E-state index in [9.17, 15) is 13.2 Å². The maximum Gasteiger partial charge on any atom is 0.241 e. The van der Waals surface area contributed by atoms with Crippen LogP contribution in [0.2, 0.25) is 0 Å². The van der Waals surface area contributed by atoms with Gasteiger partial charge in [0.2, 0.25) is 5.91 Å². The molecule has 1 aromatic heterocycles. The summed E-state index contributed by atoms with van der Waals surface area (Å²) in [5, 5.41) is 6.81. The molecule has 0 radical (unpaired) electrons. The van der Waals surface area contributed by atoms with Crippen LogP contribution in [-0.4, -0.2) is 42.7 Å². The van der Waals surface area contributed by atoms with Crippen LogP contribution >= 0.6 is 0 Å². The number of nitrogens with zero attached hydrogens (tertiary/aromatic N) is 2. The summed E-state index contributed by atoms with van der Waals surface area (Å²) in [5.41, 5.74) is 7.80. The lowest BCUT2D eigenvalue weighted by Crippen LogP contribution is -2.30. The van der Waals surface area contributed by atoms with Crippen molar-refractivity contribution in [2.24, 2.45) is 0 Å². The number of aryl methyl sites for hydroxylation is 1. The first-order valence-corrected chi connectivity index (χ1v) is 8.00. The van der Waals surface area contributed by atoms with E-state index in [2.05, 4.69) is 10.4 Å². The van der Waals surface area contributed by atoms with Crippen molar-refractivity contribution < 1.29 is 13.2 Å². The van der Waals surface area contributed by atoms with Crippen LogP contribution in [-0.2, 0) is 21.2 Å². The second kappa shape index (κ2) is 6.05. The van der Waals surface area contributed by atoms with Crippen LogP contribution in [0.1, 0.15) is 17.8 Å². The van der Waals surface area contributed by atoms with Gasteiger partial charge in [0.05, 0.1) is 22.8 Å². The first-order chi connectivity index (χ1) is 8.70. The molecule has 0 unspecified atom stereocenters. The highest BCUT2D eigenvalue weighted by Crippen LogP contribution is 2.14. The number of aromatic nitrogens is 2. The molecule has 0 atom stereocenters. The van der Waals surface area contributed by atoms with Crippen molar-refractivity contribution in [1.82, 2.24) is 15.1 Å². The zero-order valence-electron chi connectivity index (χ0n) is 11.4. The maximum atomic E-state index is 11.6. The molecule has 19 heavy (non-hydrogen) atoms. The molecule has 0 spiro atoms. The Kier molecular flexibility index (Phi) is 4.93. The number of hydrogen-bond acceptors (Lipinski definition) is 5. The Labute approximate surface area is 113 Å². The molecule has 3 N–H and O–H groups in total. The third-order valence-corrected chi connectivity index (χ3v) is 3.78. The molecule has 108 valence electrons. The van der Waals surface area contributed by atoms with Gasteiger partial charge in [-0.1, -0.05) is 0 Å². The third-order valence-electron chi connectivity index (χ3n) is 2.74. The van der Waals surface area contributed by atoms with Gasteiger partial charge >= 0.3 is 0 Å². The molecule has 1 heterocycles. The van der Waals surface area contributed by atoms with E-state index in [0.29, 0.717) is 24.3 Å². The summed E-state index contributed by atoms with van der Waals surface area (Å²) in [7, 11) is -2.98. The molecule has 0 fully saturated rings. The summed E-state index contributed by atoms with van der Waals surface area (Å²) in [4.78, 5) is 11.6. The van der Waals surface area contributed by atoms with Gasteiger partial charge in [0.25, 0.3) is 0 Å². The van der Waals surface area contributed by atoms with Crippen molar-refractivity contribution in [1.29, 1.82) is 0 Å². The van der Waals surface area contributed by atoms with Crippen LogP contribution in [0.25, 0.3) is 0 Å². The Hall–Kier alpha value is -1.57. The van der Waals surface area contributed by atoms with Crippen LogP contribution in [0.3, 0.4) is 0 Å². The van der Waals surface area contributed by atoms with Crippen molar-refractivity contribution in [3.63, 3.8) is 0 Å². The van der Waals surface area contributed by atoms with Crippen molar-refractivity contribution >= 4 is 21.4 Å². The van der Waals surface area contributed by atoms with E-state index in [1.165, 1.54) is 10.9 Å². The van der Waals surface area contributed by atoms with Gasteiger partial charge in [-0.3, -0.25) is 9.48 Å². The van der Waals surface area contributed by atoms with Gasteiger partial charge in [-0.2, -0.15) is 5.10 Å². The molecule has 0 saturated heterocycles. The monoisotopic (exact) mass is 288 g/mol. The fourth-order valence-electron chi connectivity index (χ4n) is 1.62. The predicted molar refractivity (Wildman–Crippen MR) is 73.5 cm³/mol. The summed E-state index contributed by atoms with van der Waals surface area (Å²) in [6, 6.07) is 0. The number of nitrogens with one attached hydrogen (secondary N) is 1. The number of rotatable bonds is 6. The Morgan fingerprint density at radius 1 is 1.42 bits per heavy atom. The Balaban J connectivity index is 2.41. The molecule has 7 nitrogen and oxygen atoms in total. The van der Waals surface area contributed by atoms with Gasteiger partial charge in [-0.15, -0.1) is 0 Å². The highest BCUT2D eigenvalue weighted by molar-refractivity contribution is 7.90. The van der Waals surface area contributed by atoms with Crippen LogP contribution < -0.4 is 11.1 Å². The largest absolute Gasteiger partial charge is 0.396 e. The van der Waals surface area contributed by atoms with E-state index in [0.717, 1.165) is 5.69 Å². The summed E-state index contributed by atoms with van der Waals surface area (Å²) in [6.07, 6.45) is 1.58. The molecule has 8 heteroatoms. The lowest BCUT2D eigenvalue weighted by molar-refractivity contribution is -0.121. The maximum absolute atomic E-state index is 11.6. The molecule has 0 aliphatic rings. The standard InChI is InChI=1S/C11H20N4O3S/c1-8-11(12)9(2)15(14-8)7-10(16)13-5-4-6-19(3,17)18/h4-7,12H2,1-3H3,(H,13,16). The smallest absolute Gasteiger partial charge is 0.241 e. The topological polar surface area (TPSA) is 107 Å². The zero-order chi connectivity index (χ0) is 14.6. The van der Waals surface area contributed by atoms with Crippen molar-refractivity contribution in [3.8, 4) is 0 Å². The highest BCUT2D eigenvalue weighted by Gasteiger charge is 2.11. The molecule has 0 bridgehead atoms. The number of carbonyl (C=O) groups excluding carboxylic acids is 1. The Morgan fingerprint density at radius 3 is 2.53 bits per heavy atom. The first-order valence-electron chi connectivity index (χ1n) is 5.94. The minimum atomic E-state index is -2.98. The van der Waals surface area contributed by atoms with Crippen LogP contribution in [0.15, 0.2) is 0 Å². The minimum absolute atomic E-state index is 0.0696. The summed E-state index contributed by atoms with van der Waals surface area (Å²) in [6.45, 7) is 4.00. The molecule has 0 saturated carbocycles. The van der Waals surface area contributed by atoms with Crippen LogP contribution in [0.4, 0.5) is 5.69 Å². The molecular weight excluding hydrogens is 268 g/mol. The zero-order valence-corrected chi connectivity index (χ0v) is 12.2. The molecule has 0 aromatic carbocycles. The van der Waals surface area contributed by atoms with E-state index in [4.69, 9.17) is 5.73 Å². The molecular formula is C11H20N4O3S. The summed E-state index contributed by atoms with van der Waals surface area (Å²) < 4.78 is 23.4. The molecule has 1 aromatic rings.